The van der Waals surface area contributed by atoms with E-state index < -0.39 is 0 Å². The van der Waals surface area contributed by atoms with E-state index in [0.29, 0.717) is 11.8 Å². The molecular formula is C15H27ClN2O. The van der Waals surface area contributed by atoms with Crippen molar-refractivity contribution in [2.45, 2.75) is 38.5 Å². The number of carbonyl (C=O) groups is 1. The summed E-state index contributed by atoms with van der Waals surface area (Å²) in [4.78, 5) is 14.7. The molecule has 3 rings (SSSR count). The molecule has 3 aliphatic rings. The topological polar surface area (TPSA) is 32.3 Å². The van der Waals surface area contributed by atoms with Crippen LogP contribution >= 0.6 is 12.4 Å². The largest absolute Gasteiger partial charge is 0.342 e. The van der Waals surface area contributed by atoms with Crippen molar-refractivity contribution >= 4 is 18.3 Å². The van der Waals surface area contributed by atoms with Crippen molar-refractivity contribution in [1.29, 1.82) is 0 Å². The summed E-state index contributed by atoms with van der Waals surface area (Å²) in [5, 5.41) is 3.25. The van der Waals surface area contributed by atoms with Crippen molar-refractivity contribution in [3.63, 3.8) is 0 Å². The maximum absolute atomic E-state index is 12.5. The standard InChI is InChI=1S/C15H26N2O.ClH/c1-16-10-11-6-8-17(9-7-11)15(18)14-12-4-2-3-5-13(12)14;/h11-14,16H,2-10H2,1H3;1H. The van der Waals surface area contributed by atoms with Crippen molar-refractivity contribution in [3.8, 4) is 0 Å². The molecule has 2 unspecified atom stereocenters. The van der Waals surface area contributed by atoms with Crippen LogP contribution in [0.15, 0.2) is 0 Å². The third kappa shape index (κ3) is 3.08. The fraction of sp³-hybridized carbons (Fsp3) is 0.933. The van der Waals surface area contributed by atoms with Crippen LogP contribution in [0.25, 0.3) is 0 Å². The minimum atomic E-state index is 0. The number of amides is 1. The van der Waals surface area contributed by atoms with Crippen LogP contribution in [-0.2, 0) is 4.79 Å². The van der Waals surface area contributed by atoms with Crippen molar-refractivity contribution < 1.29 is 4.79 Å². The third-order valence-corrected chi connectivity index (χ3v) is 5.36. The number of nitrogens with zero attached hydrogens (tertiary/aromatic N) is 1. The van der Waals surface area contributed by atoms with Crippen LogP contribution in [0.2, 0.25) is 0 Å². The van der Waals surface area contributed by atoms with E-state index in [1.165, 1.54) is 38.5 Å². The number of fused-ring (bicyclic) bond motifs is 1. The molecule has 2 aliphatic carbocycles. The number of halogens is 1. The van der Waals surface area contributed by atoms with Crippen molar-refractivity contribution in [3.05, 3.63) is 0 Å². The zero-order valence-corrected chi connectivity index (χ0v) is 12.8. The second kappa shape index (κ2) is 6.45. The molecule has 0 aromatic rings. The molecule has 0 spiro atoms. The molecule has 0 aromatic carbocycles. The lowest BCUT2D eigenvalue weighted by atomic mass is 9.96. The van der Waals surface area contributed by atoms with E-state index in [4.69, 9.17) is 0 Å². The molecule has 0 aromatic heterocycles. The SMILES string of the molecule is CNCC1CCN(C(=O)C2C3CCCCC32)CC1.Cl. The first-order valence-corrected chi connectivity index (χ1v) is 7.74. The minimum absolute atomic E-state index is 0. The molecular weight excluding hydrogens is 260 g/mol. The molecule has 0 radical (unpaired) electrons. The Balaban J connectivity index is 0.00000133. The number of nitrogens with one attached hydrogen (secondary N) is 1. The van der Waals surface area contributed by atoms with Crippen molar-refractivity contribution in [2.75, 3.05) is 26.7 Å². The molecule has 1 N–H and O–H groups in total. The molecule has 1 aliphatic heterocycles. The highest BCUT2D eigenvalue weighted by molar-refractivity contribution is 5.85. The lowest BCUT2D eigenvalue weighted by molar-refractivity contribution is -0.134. The summed E-state index contributed by atoms with van der Waals surface area (Å²) in [5.74, 6) is 3.23. The first-order chi connectivity index (χ1) is 8.81. The first kappa shape index (κ1) is 15.1. The maximum Gasteiger partial charge on any atom is 0.226 e. The Morgan fingerprint density at radius 1 is 1.11 bits per heavy atom. The van der Waals surface area contributed by atoms with Gasteiger partial charge >= 0.3 is 0 Å². The first-order valence-electron chi connectivity index (χ1n) is 7.74. The number of hydrogen-bond donors (Lipinski definition) is 1. The summed E-state index contributed by atoms with van der Waals surface area (Å²) in [6.45, 7) is 3.11. The van der Waals surface area contributed by atoms with E-state index in [9.17, 15) is 4.79 Å². The van der Waals surface area contributed by atoms with Gasteiger partial charge in [-0.1, -0.05) is 12.8 Å². The van der Waals surface area contributed by atoms with Gasteiger partial charge in [-0.2, -0.15) is 0 Å². The van der Waals surface area contributed by atoms with Gasteiger partial charge in [0.05, 0.1) is 0 Å². The highest BCUT2D eigenvalue weighted by atomic mass is 35.5. The van der Waals surface area contributed by atoms with Gasteiger partial charge in [-0.15, -0.1) is 12.4 Å². The highest BCUT2D eigenvalue weighted by Gasteiger charge is 2.55. The van der Waals surface area contributed by atoms with Crippen molar-refractivity contribution in [1.82, 2.24) is 10.2 Å². The van der Waals surface area contributed by atoms with E-state index in [2.05, 4.69) is 10.2 Å². The fourth-order valence-corrected chi connectivity index (χ4v) is 4.22. The number of carbonyl (C=O) groups excluding carboxylic acids is 1. The number of hydrogen-bond acceptors (Lipinski definition) is 2. The van der Waals surface area contributed by atoms with E-state index in [1.807, 2.05) is 7.05 Å². The highest BCUT2D eigenvalue weighted by Crippen LogP contribution is 2.56. The molecule has 19 heavy (non-hydrogen) atoms. The predicted molar refractivity (Wildman–Crippen MR) is 79.4 cm³/mol. The van der Waals surface area contributed by atoms with Crippen LogP contribution < -0.4 is 5.32 Å². The minimum Gasteiger partial charge on any atom is -0.342 e. The average molecular weight is 287 g/mol. The van der Waals surface area contributed by atoms with Crippen LogP contribution in [-0.4, -0.2) is 37.5 Å². The summed E-state index contributed by atoms with van der Waals surface area (Å²) in [5.41, 5.74) is 0. The molecule has 1 heterocycles. The molecule has 2 atom stereocenters. The monoisotopic (exact) mass is 286 g/mol. The second-order valence-electron chi connectivity index (χ2n) is 6.46. The Hall–Kier alpha value is -0.280. The van der Waals surface area contributed by atoms with Crippen molar-refractivity contribution in [2.24, 2.45) is 23.7 Å². The molecule has 2 saturated carbocycles. The van der Waals surface area contributed by atoms with Gasteiger partial charge in [0.15, 0.2) is 0 Å². The van der Waals surface area contributed by atoms with Gasteiger partial charge in [0.1, 0.15) is 0 Å². The van der Waals surface area contributed by atoms with Gasteiger partial charge in [-0.05, 0) is 57.0 Å². The van der Waals surface area contributed by atoms with E-state index in [1.54, 1.807) is 0 Å². The van der Waals surface area contributed by atoms with Gasteiger partial charge in [-0.3, -0.25) is 4.79 Å². The molecule has 110 valence electrons. The predicted octanol–water partition coefficient (Wildman–Crippen LogP) is 2.30. The van der Waals surface area contributed by atoms with Crippen LogP contribution in [0.5, 0.6) is 0 Å². The number of piperidine rings is 1. The van der Waals surface area contributed by atoms with Crippen LogP contribution in [0.1, 0.15) is 38.5 Å². The Morgan fingerprint density at radius 3 is 2.21 bits per heavy atom. The summed E-state index contributed by atoms with van der Waals surface area (Å²) in [6.07, 6.45) is 7.72. The van der Waals surface area contributed by atoms with Gasteiger partial charge < -0.3 is 10.2 Å². The van der Waals surface area contributed by atoms with Gasteiger partial charge in [-0.25, -0.2) is 0 Å². The number of likely N-dealkylation sites (tertiary alicyclic amines) is 1. The van der Waals surface area contributed by atoms with Gasteiger partial charge in [0.25, 0.3) is 0 Å². The van der Waals surface area contributed by atoms with Gasteiger partial charge in [0.2, 0.25) is 5.91 Å². The van der Waals surface area contributed by atoms with E-state index >= 15 is 0 Å². The lowest BCUT2D eigenvalue weighted by Gasteiger charge is -2.32. The molecule has 3 fully saturated rings. The second-order valence-corrected chi connectivity index (χ2v) is 6.46. The Labute approximate surface area is 122 Å². The quantitative estimate of drug-likeness (QED) is 0.863. The van der Waals surface area contributed by atoms with Crippen LogP contribution in [0.4, 0.5) is 0 Å². The number of rotatable bonds is 3. The third-order valence-electron chi connectivity index (χ3n) is 5.36. The van der Waals surface area contributed by atoms with Crippen LogP contribution in [0.3, 0.4) is 0 Å². The summed E-state index contributed by atoms with van der Waals surface area (Å²) in [7, 11) is 2.02. The van der Waals surface area contributed by atoms with E-state index in [-0.39, 0.29) is 12.4 Å². The smallest absolute Gasteiger partial charge is 0.226 e. The van der Waals surface area contributed by atoms with Gasteiger partial charge in [0, 0.05) is 19.0 Å². The molecule has 3 nitrogen and oxygen atoms in total. The summed E-state index contributed by atoms with van der Waals surface area (Å²) >= 11 is 0. The molecule has 0 bridgehead atoms. The fourth-order valence-electron chi connectivity index (χ4n) is 4.22. The zero-order valence-electron chi connectivity index (χ0n) is 11.9. The lowest BCUT2D eigenvalue weighted by Crippen LogP contribution is -2.41. The molecule has 1 amide bonds. The maximum atomic E-state index is 12.5. The average Bonchev–Trinajstić information content (AvgIpc) is 3.13. The molecule has 1 saturated heterocycles. The zero-order chi connectivity index (χ0) is 12.5. The normalized spacial score (nSPS) is 34.4. The van der Waals surface area contributed by atoms with E-state index in [0.717, 1.165) is 37.4 Å². The van der Waals surface area contributed by atoms with Crippen LogP contribution in [0, 0.1) is 23.7 Å². The Morgan fingerprint density at radius 2 is 1.68 bits per heavy atom. The summed E-state index contributed by atoms with van der Waals surface area (Å²) in [6, 6.07) is 0. The summed E-state index contributed by atoms with van der Waals surface area (Å²) < 4.78 is 0. The molecule has 4 heteroatoms. The Bertz CT molecular complexity index is 303. The Kier molecular flexibility index (Phi) is 5.13.